The minimum absolute atomic E-state index is 0.0362. The minimum Gasteiger partial charge on any atom is -0.370 e. The second-order valence-corrected chi connectivity index (χ2v) is 12.0. The van der Waals surface area contributed by atoms with Crippen LogP contribution >= 0.6 is 11.3 Å². The molecule has 1 saturated carbocycles. The molecule has 1 aromatic heterocycles. The zero-order chi connectivity index (χ0) is 28.5. The molecule has 3 fully saturated rings. The fourth-order valence-electron chi connectivity index (χ4n) is 6.17. The highest BCUT2D eigenvalue weighted by atomic mass is 32.1. The lowest BCUT2D eigenvalue weighted by atomic mass is 9.73. The van der Waals surface area contributed by atoms with Crippen molar-refractivity contribution in [2.75, 3.05) is 32.7 Å². The molecule has 40 heavy (non-hydrogen) atoms. The normalized spacial score (nSPS) is 24.4. The van der Waals surface area contributed by atoms with E-state index in [-0.39, 0.29) is 36.0 Å². The standard InChI is InChI=1S/C27H42N8O4S/c28-27(29)32-10-1-2-20(23(37)25-31-13-15-40-25)33-22(36)16-35-14-9-21(26(35)39)34-24(38)19-5-3-17(4-6-19)18-7-11-30-12-8-18/h13,15,17-21,30H,1-12,14,16H2,(H,33,36)(H,34,38)(H4,28,29,32)/t17?,19?,20-,21-/m0/s1. The van der Waals surface area contributed by atoms with E-state index in [0.717, 1.165) is 44.7 Å². The Kier molecular flexibility index (Phi) is 10.9. The van der Waals surface area contributed by atoms with Gasteiger partial charge in [0, 0.05) is 30.6 Å². The van der Waals surface area contributed by atoms with Crippen LogP contribution in [0.2, 0.25) is 0 Å². The van der Waals surface area contributed by atoms with Crippen molar-refractivity contribution < 1.29 is 19.2 Å². The zero-order valence-electron chi connectivity index (χ0n) is 23.0. The van der Waals surface area contributed by atoms with Gasteiger partial charge in [0.25, 0.3) is 0 Å². The van der Waals surface area contributed by atoms with Crippen LogP contribution in [0.3, 0.4) is 0 Å². The van der Waals surface area contributed by atoms with Crippen LogP contribution in [-0.4, -0.2) is 84.2 Å². The molecule has 0 aromatic carbocycles. The molecular formula is C27H42N8O4S. The van der Waals surface area contributed by atoms with Crippen molar-refractivity contribution in [3.63, 3.8) is 0 Å². The maximum Gasteiger partial charge on any atom is 0.245 e. The van der Waals surface area contributed by atoms with Crippen molar-refractivity contribution in [1.82, 2.24) is 25.8 Å². The molecule has 0 bridgehead atoms. The summed E-state index contributed by atoms with van der Waals surface area (Å²) in [6, 6.07) is -1.42. The van der Waals surface area contributed by atoms with E-state index in [2.05, 4.69) is 25.9 Å². The third kappa shape index (κ3) is 8.23. The van der Waals surface area contributed by atoms with E-state index in [0.29, 0.717) is 43.3 Å². The third-order valence-corrected chi connectivity index (χ3v) is 9.17. The number of nitrogens with zero attached hydrogens (tertiary/aromatic N) is 3. The maximum absolute atomic E-state index is 13.0. The Balaban J connectivity index is 1.23. The van der Waals surface area contributed by atoms with Crippen LogP contribution < -0.4 is 27.4 Å². The predicted molar refractivity (Wildman–Crippen MR) is 152 cm³/mol. The number of carbonyl (C=O) groups is 4. The fourth-order valence-corrected chi connectivity index (χ4v) is 6.80. The first-order chi connectivity index (χ1) is 19.3. The number of amides is 3. The Hall–Kier alpha value is -3.06. The number of rotatable bonds is 12. The summed E-state index contributed by atoms with van der Waals surface area (Å²) >= 11 is 1.20. The van der Waals surface area contributed by atoms with Gasteiger partial charge in [0.1, 0.15) is 6.04 Å². The first-order valence-corrected chi connectivity index (χ1v) is 15.3. The number of hydrogen-bond donors (Lipinski definition) is 5. The number of carbonyl (C=O) groups excluding carboxylic acids is 4. The third-order valence-electron chi connectivity index (χ3n) is 8.38. The van der Waals surface area contributed by atoms with Gasteiger partial charge >= 0.3 is 0 Å². The number of Topliss-reactive ketones (excluding diaryl/α,β-unsaturated/α-hetero) is 1. The van der Waals surface area contributed by atoms with Gasteiger partial charge in [0.2, 0.25) is 23.5 Å². The zero-order valence-corrected chi connectivity index (χ0v) is 23.8. The summed E-state index contributed by atoms with van der Waals surface area (Å²) in [6.07, 6.45) is 9.12. The minimum atomic E-state index is -0.805. The van der Waals surface area contributed by atoms with Gasteiger partial charge in [-0.2, -0.15) is 0 Å². The quantitative estimate of drug-likeness (QED) is 0.103. The molecule has 0 radical (unpaired) electrons. The number of thiazole rings is 1. The van der Waals surface area contributed by atoms with Gasteiger partial charge in [-0.1, -0.05) is 0 Å². The van der Waals surface area contributed by atoms with Gasteiger partial charge in [-0.25, -0.2) is 4.98 Å². The van der Waals surface area contributed by atoms with Crippen LogP contribution in [0.5, 0.6) is 0 Å². The summed E-state index contributed by atoms with van der Waals surface area (Å²) in [4.78, 5) is 61.2. The number of nitrogens with one attached hydrogen (secondary N) is 3. The smallest absolute Gasteiger partial charge is 0.245 e. The van der Waals surface area contributed by atoms with Gasteiger partial charge in [-0.15, -0.1) is 11.3 Å². The molecule has 13 heteroatoms. The van der Waals surface area contributed by atoms with Gasteiger partial charge in [0.05, 0.1) is 12.6 Å². The number of aromatic nitrogens is 1. The van der Waals surface area contributed by atoms with Crippen molar-refractivity contribution in [3.8, 4) is 0 Å². The van der Waals surface area contributed by atoms with Crippen molar-refractivity contribution >= 4 is 40.8 Å². The molecule has 7 N–H and O–H groups in total. The number of guanidine groups is 1. The van der Waals surface area contributed by atoms with Gasteiger partial charge in [-0.05, 0) is 82.7 Å². The molecule has 1 aromatic rings. The van der Waals surface area contributed by atoms with Crippen molar-refractivity contribution in [1.29, 1.82) is 0 Å². The molecule has 0 unspecified atom stereocenters. The average Bonchev–Trinajstić information content (AvgIpc) is 3.61. The molecule has 220 valence electrons. The molecule has 2 atom stereocenters. The monoisotopic (exact) mass is 574 g/mol. The number of aliphatic imine (C=N–C) groups is 1. The maximum atomic E-state index is 13.0. The summed E-state index contributed by atoms with van der Waals surface area (Å²) in [6.45, 7) is 2.69. The molecule has 3 heterocycles. The van der Waals surface area contributed by atoms with Crippen LogP contribution in [0.1, 0.15) is 67.6 Å². The summed E-state index contributed by atoms with van der Waals surface area (Å²) < 4.78 is 0. The second kappa shape index (κ2) is 14.5. The van der Waals surface area contributed by atoms with Crippen molar-refractivity contribution in [3.05, 3.63) is 16.6 Å². The summed E-state index contributed by atoms with van der Waals surface area (Å²) in [5, 5.41) is 11.1. The Morgan fingerprint density at radius 1 is 1.10 bits per heavy atom. The van der Waals surface area contributed by atoms with E-state index in [1.54, 1.807) is 5.38 Å². The first kappa shape index (κ1) is 29.9. The van der Waals surface area contributed by atoms with Crippen LogP contribution in [-0.2, 0) is 14.4 Å². The molecule has 12 nitrogen and oxygen atoms in total. The Labute approximate surface area is 239 Å². The largest absolute Gasteiger partial charge is 0.370 e. The highest BCUT2D eigenvalue weighted by Crippen LogP contribution is 2.37. The molecule has 2 saturated heterocycles. The summed E-state index contributed by atoms with van der Waals surface area (Å²) in [7, 11) is 0. The second-order valence-electron chi connectivity index (χ2n) is 11.1. The number of nitrogens with two attached hydrogens (primary N) is 2. The molecular weight excluding hydrogens is 532 g/mol. The number of hydrogen-bond acceptors (Lipinski definition) is 8. The van der Waals surface area contributed by atoms with Gasteiger partial charge in [-0.3, -0.25) is 24.2 Å². The number of likely N-dealkylation sites (tertiary alicyclic amines) is 1. The van der Waals surface area contributed by atoms with E-state index in [4.69, 9.17) is 11.5 Å². The molecule has 2 aliphatic heterocycles. The Morgan fingerprint density at radius 3 is 2.50 bits per heavy atom. The lowest BCUT2D eigenvalue weighted by molar-refractivity contribution is -0.136. The van der Waals surface area contributed by atoms with Crippen LogP contribution in [0, 0.1) is 17.8 Å². The molecule has 1 aliphatic carbocycles. The number of piperidine rings is 1. The number of ketones is 1. The Morgan fingerprint density at radius 2 is 1.82 bits per heavy atom. The van der Waals surface area contributed by atoms with E-state index >= 15 is 0 Å². The van der Waals surface area contributed by atoms with E-state index in [1.165, 1.54) is 35.3 Å². The molecule has 4 rings (SSSR count). The summed E-state index contributed by atoms with van der Waals surface area (Å²) in [5.74, 6) is 0.327. The van der Waals surface area contributed by atoms with E-state index in [9.17, 15) is 19.2 Å². The van der Waals surface area contributed by atoms with E-state index < -0.39 is 18.0 Å². The fraction of sp³-hybridized carbons (Fsp3) is 0.704. The van der Waals surface area contributed by atoms with E-state index in [1.807, 2.05) is 0 Å². The predicted octanol–water partition coefficient (Wildman–Crippen LogP) is 0.387. The average molecular weight is 575 g/mol. The van der Waals surface area contributed by atoms with Crippen LogP contribution in [0.4, 0.5) is 0 Å². The van der Waals surface area contributed by atoms with Crippen LogP contribution in [0.25, 0.3) is 0 Å². The lowest BCUT2D eigenvalue weighted by Crippen LogP contribution is -2.48. The van der Waals surface area contributed by atoms with Gasteiger partial charge in [0.15, 0.2) is 11.0 Å². The molecule has 0 spiro atoms. The summed E-state index contributed by atoms with van der Waals surface area (Å²) in [5.41, 5.74) is 10.7. The van der Waals surface area contributed by atoms with Crippen molar-refractivity contribution in [2.24, 2.45) is 34.2 Å². The van der Waals surface area contributed by atoms with Crippen LogP contribution in [0.15, 0.2) is 16.6 Å². The highest BCUT2D eigenvalue weighted by Gasteiger charge is 2.37. The topological polar surface area (TPSA) is 185 Å². The molecule has 3 aliphatic rings. The first-order valence-electron chi connectivity index (χ1n) is 14.4. The van der Waals surface area contributed by atoms with Crippen molar-refractivity contribution in [2.45, 2.75) is 69.9 Å². The lowest BCUT2D eigenvalue weighted by Gasteiger charge is -2.35. The SMILES string of the molecule is NC(N)=NCCC[C@H](NC(=O)CN1CC[C@H](NC(=O)C2CCC(C3CCNCC3)CC2)C1=O)C(=O)c1nccs1. The Bertz CT molecular complexity index is 1050. The van der Waals surface area contributed by atoms with Gasteiger partial charge < -0.3 is 32.3 Å². The molecule has 3 amide bonds. The highest BCUT2D eigenvalue weighted by molar-refractivity contribution is 7.11.